The van der Waals surface area contributed by atoms with Crippen LogP contribution >= 0.6 is 0 Å². The van der Waals surface area contributed by atoms with Crippen molar-refractivity contribution in [3.63, 3.8) is 0 Å². The summed E-state index contributed by atoms with van der Waals surface area (Å²) in [5, 5.41) is 0. The summed E-state index contributed by atoms with van der Waals surface area (Å²) in [4.78, 5) is 28.2. The van der Waals surface area contributed by atoms with E-state index < -0.39 is 0 Å². The van der Waals surface area contributed by atoms with Gasteiger partial charge in [-0.1, -0.05) is 6.92 Å². The maximum absolute atomic E-state index is 13.2. The van der Waals surface area contributed by atoms with E-state index in [2.05, 4.69) is 54.4 Å². The molecule has 0 unspecified atom stereocenters. The van der Waals surface area contributed by atoms with Gasteiger partial charge in [0.15, 0.2) is 0 Å². The lowest BCUT2D eigenvalue weighted by atomic mass is 9.90. The normalized spacial score (nSPS) is 25.9. The van der Waals surface area contributed by atoms with E-state index in [1.165, 1.54) is 0 Å². The number of amides is 1. The summed E-state index contributed by atoms with van der Waals surface area (Å²) in [5.41, 5.74) is 2.22. The maximum Gasteiger partial charge on any atom is 0.227 e. The third-order valence-electron chi connectivity index (χ3n) is 5.83. The van der Waals surface area contributed by atoms with Crippen LogP contribution < -0.4 is 0 Å². The molecule has 3 heterocycles. The van der Waals surface area contributed by atoms with Crippen LogP contribution in [0.25, 0.3) is 0 Å². The molecule has 6 heteroatoms. The molecule has 0 bridgehead atoms. The number of likely N-dealkylation sites (tertiary alicyclic amines) is 1. The fourth-order valence-electron chi connectivity index (χ4n) is 4.29. The molecule has 2 aliphatic heterocycles. The van der Waals surface area contributed by atoms with Gasteiger partial charge >= 0.3 is 0 Å². The molecule has 0 saturated carbocycles. The zero-order valence-corrected chi connectivity index (χ0v) is 16.4. The summed E-state index contributed by atoms with van der Waals surface area (Å²) in [6.07, 6.45) is 0.902. The molecular weight excluding hydrogens is 314 g/mol. The van der Waals surface area contributed by atoms with E-state index in [4.69, 9.17) is 4.98 Å². The predicted octanol–water partition coefficient (Wildman–Crippen LogP) is 1.48. The van der Waals surface area contributed by atoms with Crippen molar-refractivity contribution in [3.05, 3.63) is 17.2 Å². The molecule has 0 radical (unpaired) electrons. The van der Waals surface area contributed by atoms with Crippen LogP contribution in [0.3, 0.4) is 0 Å². The second kappa shape index (κ2) is 7.46. The maximum atomic E-state index is 13.2. The number of carbonyl (C=O) groups is 1. The highest BCUT2D eigenvalue weighted by Gasteiger charge is 2.41. The van der Waals surface area contributed by atoms with Crippen LogP contribution in [-0.2, 0) is 11.2 Å². The van der Waals surface area contributed by atoms with Gasteiger partial charge in [-0.05, 0) is 27.8 Å². The van der Waals surface area contributed by atoms with Gasteiger partial charge < -0.3 is 14.8 Å². The van der Waals surface area contributed by atoms with E-state index in [1.54, 1.807) is 0 Å². The second-order valence-corrected chi connectivity index (χ2v) is 7.94. The minimum atomic E-state index is 0.0299. The highest BCUT2D eigenvalue weighted by Crippen LogP contribution is 2.34. The molecule has 1 aromatic rings. The van der Waals surface area contributed by atoms with Crippen molar-refractivity contribution in [2.75, 3.05) is 46.3 Å². The summed E-state index contributed by atoms with van der Waals surface area (Å²) in [7, 11) is 2.11. The summed E-state index contributed by atoms with van der Waals surface area (Å²) in [6.45, 7) is 14.1. The molecule has 1 aromatic heterocycles. The first-order valence-electron chi connectivity index (χ1n) is 9.67. The Kier molecular flexibility index (Phi) is 5.49. The van der Waals surface area contributed by atoms with Crippen molar-refractivity contribution in [1.82, 2.24) is 24.7 Å². The van der Waals surface area contributed by atoms with Gasteiger partial charge in [0.2, 0.25) is 5.91 Å². The standard InChI is InChI=1S/C19H33N5O/c1-6-17-20-14(4)18(21-17)15-11-22(5)12-16(15)19(25)24-9-7-23(8-10-24)13(2)3/h13,15-16H,6-12H2,1-5H3,(H,20,21)/t15-,16-/m0/s1. The van der Waals surface area contributed by atoms with Gasteiger partial charge in [-0.3, -0.25) is 9.69 Å². The fraction of sp³-hybridized carbons (Fsp3) is 0.789. The number of hydrogen-bond donors (Lipinski definition) is 1. The van der Waals surface area contributed by atoms with Crippen molar-refractivity contribution in [3.8, 4) is 0 Å². The smallest absolute Gasteiger partial charge is 0.227 e. The van der Waals surface area contributed by atoms with Gasteiger partial charge in [0.1, 0.15) is 5.82 Å². The van der Waals surface area contributed by atoms with Crippen LogP contribution in [0, 0.1) is 12.8 Å². The van der Waals surface area contributed by atoms with Crippen molar-refractivity contribution in [2.45, 2.75) is 46.1 Å². The van der Waals surface area contributed by atoms with Crippen LogP contribution in [0.1, 0.15) is 43.9 Å². The third kappa shape index (κ3) is 3.75. The second-order valence-electron chi connectivity index (χ2n) is 7.94. The number of hydrogen-bond acceptors (Lipinski definition) is 4. The van der Waals surface area contributed by atoms with E-state index in [0.29, 0.717) is 11.9 Å². The number of nitrogens with zero attached hydrogens (tertiary/aromatic N) is 4. The third-order valence-corrected chi connectivity index (χ3v) is 5.83. The number of likely N-dealkylation sites (N-methyl/N-ethyl adjacent to an activating group) is 1. The molecule has 1 amide bonds. The van der Waals surface area contributed by atoms with Gasteiger partial charge in [-0.25, -0.2) is 4.98 Å². The van der Waals surface area contributed by atoms with E-state index in [1.807, 2.05) is 0 Å². The minimum Gasteiger partial charge on any atom is -0.346 e. The zero-order chi connectivity index (χ0) is 18.1. The predicted molar refractivity (Wildman–Crippen MR) is 99.7 cm³/mol. The van der Waals surface area contributed by atoms with Crippen LogP contribution in [0.15, 0.2) is 0 Å². The molecule has 2 saturated heterocycles. The highest BCUT2D eigenvalue weighted by molar-refractivity contribution is 5.80. The Labute approximate surface area is 151 Å². The van der Waals surface area contributed by atoms with Gasteiger partial charge in [0.05, 0.1) is 11.6 Å². The molecule has 1 N–H and O–H groups in total. The average molecular weight is 348 g/mol. The van der Waals surface area contributed by atoms with E-state index in [9.17, 15) is 4.79 Å². The Morgan fingerprint density at radius 2 is 1.92 bits per heavy atom. The summed E-state index contributed by atoms with van der Waals surface area (Å²) >= 11 is 0. The molecule has 140 valence electrons. The molecule has 2 aliphatic rings. The zero-order valence-electron chi connectivity index (χ0n) is 16.4. The summed E-state index contributed by atoms with van der Waals surface area (Å²) < 4.78 is 0. The lowest BCUT2D eigenvalue weighted by molar-refractivity contribution is -0.137. The van der Waals surface area contributed by atoms with Crippen LogP contribution in [0.2, 0.25) is 0 Å². The Hall–Kier alpha value is -1.40. The molecule has 25 heavy (non-hydrogen) atoms. The Morgan fingerprint density at radius 3 is 2.48 bits per heavy atom. The van der Waals surface area contributed by atoms with Crippen LogP contribution in [-0.4, -0.2) is 82.9 Å². The molecule has 2 fully saturated rings. The SMILES string of the molecule is CCc1nc([C@H]2CN(C)C[C@@H]2C(=O)N2CCN(C(C)C)CC2)c(C)[nH]1. The van der Waals surface area contributed by atoms with Gasteiger partial charge in [-0.2, -0.15) is 0 Å². The number of aromatic nitrogens is 2. The number of rotatable bonds is 4. The lowest BCUT2D eigenvalue weighted by Gasteiger charge is -2.38. The number of aromatic amines is 1. The first kappa shape index (κ1) is 18.4. The van der Waals surface area contributed by atoms with Crippen LogP contribution in [0.4, 0.5) is 0 Å². The van der Waals surface area contributed by atoms with Crippen molar-refractivity contribution >= 4 is 5.91 Å². The first-order chi connectivity index (χ1) is 11.9. The highest BCUT2D eigenvalue weighted by atomic mass is 16.2. The van der Waals surface area contributed by atoms with Crippen molar-refractivity contribution in [1.29, 1.82) is 0 Å². The molecule has 0 spiro atoms. The van der Waals surface area contributed by atoms with E-state index in [0.717, 1.165) is 62.9 Å². The largest absolute Gasteiger partial charge is 0.346 e. The lowest BCUT2D eigenvalue weighted by Crippen LogP contribution is -2.52. The molecule has 0 aromatic carbocycles. The van der Waals surface area contributed by atoms with E-state index >= 15 is 0 Å². The Bertz CT molecular complexity index is 603. The number of piperazine rings is 1. The molecule has 6 nitrogen and oxygen atoms in total. The number of imidazole rings is 1. The Morgan fingerprint density at radius 1 is 1.24 bits per heavy atom. The number of nitrogens with one attached hydrogen (secondary N) is 1. The van der Waals surface area contributed by atoms with Crippen molar-refractivity contribution < 1.29 is 4.79 Å². The van der Waals surface area contributed by atoms with Crippen LogP contribution in [0.5, 0.6) is 0 Å². The average Bonchev–Trinajstić information content (AvgIpc) is 3.16. The van der Waals surface area contributed by atoms with Crippen molar-refractivity contribution in [2.24, 2.45) is 5.92 Å². The quantitative estimate of drug-likeness (QED) is 0.896. The number of H-pyrrole nitrogens is 1. The minimum absolute atomic E-state index is 0.0299. The molecular formula is C19H33N5O. The summed E-state index contributed by atoms with van der Waals surface area (Å²) in [6, 6.07) is 0.557. The molecule has 3 rings (SSSR count). The first-order valence-corrected chi connectivity index (χ1v) is 9.67. The van der Waals surface area contributed by atoms with Gasteiger partial charge in [-0.15, -0.1) is 0 Å². The van der Waals surface area contributed by atoms with Gasteiger partial charge in [0, 0.05) is 63.3 Å². The summed E-state index contributed by atoms with van der Waals surface area (Å²) in [5.74, 6) is 1.58. The number of aryl methyl sites for hydroxylation is 2. The molecule has 0 aliphatic carbocycles. The monoisotopic (exact) mass is 347 g/mol. The Balaban J connectivity index is 1.73. The fourth-order valence-corrected chi connectivity index (χ4v) is 4.29. The number of carbonyl (C=O) groups excluding carboxylic acids is 1. The topological polar surface area (TPSA) is 55.5 Å². The molecule has 2 atom stereocenters. The van der Waals surface area contributed by atoms with Gasteiger partial charge in [0.25, 0.3) is 0 Å². The van der Waals surface area contributed by atoms with E-state index in [-0.39, 0.29) is 11.8 Å².